The highest BCUT2D eigenvalue weighted by atomic mass is 35.5. The van der Waals surface area contributed by atoms with E-state index in [1.165, 1.54) is 11.1 Å². The predicted molar refractivity (Wildman–Crippen MR) is 100 cm³/mol. The fourth-order valence-corrected chi connectivity index (χ4v) is 2.55. The molecule has 2 aromatic carbocycles. The van der Waals surface area contributed by atoms with Crippen LogP contribution in [0.15, 0.2) is 54.7 Å². The van der Waals surface area contributed by atoms with E-state index in [2.05, 4.69) is 40.5 Å². The highest BCUT2D eigenvalue weighted by molar-refractivity contribution is 6.31. The van der Waals surface area contributed by atoms with Crippen LogP contribution in [0.2, 0.25) is 5.02 Å². The van der Waals surface area contributed by atoms with Gasteiger partial charge in [-0.2, -0.15) is 4.98 Å². The smallest absolute Gasteiger partial charge is 0.229 e. The van der Waals surface area contributed by atoms with Crippen LogP contribution in [0.4, 0.5) is 17.5 Å². The molecule has 0 saturated heterocycles. The third-order valence-electron chi connectivity index (χ3n) is 3.92. The zero-order chi connectivity index (χ0) is 16.9. The summed E-state index contributed by atoms with van der Waals surface area (Å²) in [7, 11) is 0. The molecule has 0 radical (unpaired) electrons. The van der Waals surface area contributed by atoms with Crippen LogP contribution in [0.3, 0.4) is 0 Å². The molecule has 0 spiro atoms. The average molecular weight is 339 g/mol. The third-order valence-corrected chi connectivity index (χ3v) is 4.29. The van der Waals surface area contributed by atoms with Crippen molar-refractivity contribution in [1.29, 1.82) is 0 Å². The van der Waals surface area contributed by atoms with Gasteiger partial charge in [-0.1, -0.05) is 41.9 Å². The monoisotopic (exact) mass is 338 g/mol. The molecule has 5 heteroatoms. The standard InChI is InChI=1S/C19H19ClN4/c1-13-6-5-9-17(14(13)2)23-19-21-11-10-18(24-19)22-12-15-7-3-4-8-16(15)20/h3-11H,12H2,1-2H3,(H2,21,22,23,24). The van der Waals surface area contributed by atoms with Crippen molar-refractivity contribution in [2.45, 2.75) is 20.4 Å². The number of benzene rings is 2. The first-order chi connectivity index (χ1) is 11.6. The third kappa shape index (κ3) is 3.84. The number of rotatable bonds is 5. The number of anilines is 3. The molecular weight excluding hydrogens is 320 g/mol. The van der Waals surface area contributed by atoms with Crippen LogP contribution >= 0.6 is 11.6 Å². The zero-order valence-corrected chi connectivity index (χ0v) is 14.4. The second-order valence-corrected chi connectivity index (χ2v) is 5.99. The summed E-state index contributed by atoms with van der Waals surface area (Å²) in [5, 5.41) is 7.30. The Morgan fingerprint density at radius 1 is 1.00 bits per heavy atom. The Morgan fingerprint density at radius 2 is 1.83 bits per heavy atom. The molecule has 122 valence electrons. The molecule has 0 saturated carbocycles. The van der Waals surface area contributed by atoms with Crippen LogP contribution in [-0.2, 0) is 6.54 Å². The maximum Gasteiger partial charge on any atom is 0.229 e. The Hall–Kier alpha value is -2.59. The maximum absolute atomic E-state index is 6.18. The Kier molecular flexibility index (Phi) is 4.96. The number of aryl methyl sites for hydroxylation is 1. The van der Waals surface area contributed by atoms with E-state index in [1.807, 2.05) is 42.5 Å². The van der Waals surface area contributed by atoms with Gasteiger partial charge in [-0.05, 0) is 48.7 Å². The molecule has 0 bridgehead atoms. The molecule has 0 aliphatic rings. The lowest BCUT2D eigenvalue weighted by Gasteiger charge is -2.11. The maximum atomic E-state index is 6.18. The largest absolute Gasteiger partial charge is 0.366 e. The van der Waals surface area contributed by atoms with E-state index in [4.69, 9.17) is 11.6 Å². The Morgan fingerprint density at radius 3 is 2.67 bits per heavy atom. The van der Waals surface area contributed by atoms with Gasteiger partial charge in [-0.15, -0.1) is 0 Å². The first-order valence-corrected chi connectivity index (χ1v) is 8.15. The molecule has 3 aromatic rings. The summed E-state index contributed by atoms with van der Waals surface area (Å²) in [5.41, 5.74) is 4.46. The van der Waals surface area contributed by atoms with Crippen molar-refractivity contribution >= 4 is 29.1 Å². The van der Waals surface area contributed by atoms with Crippen molar-refractivity contribution in [2.24, 2.45) is 0 Å². The molecule has 0 aliphatic heterocycles. The summed E-state index contributed by atoms with van der Waals surface area (Å²) in [5.74, 6) is 1.31. The Bertz CT molecular complexity index is 848. The molecule has 0 atom stereocenters. The second-order valence-electron chi connectivity index (χ2n) is 5.58. The van der Waals surface area contributed by atoms with E-state index in [1.54, 1.807) is 6.20 Å². The SMILES string of the molecule is Cc1cccc(Nc2nccc(NCc3ccccc3Cl)n2)c1C. The van der Waals surface area contributed by atoms with Crippen molar-refractivity contribution in [2.75, 3.05) is 10.6 Å². The molecular formula is C19H19ClN4. The van der Waals surface area contributed by atoms with E-state index in [0.717, 1.165) is 22.1 Å². The molecule has 24 heavy (non-hydrogen) atoms. The first-order valence-electron chi connectivity index (χ1n) is 7.77. The number of halogens is 1. The number of hydrogen-bond acceptors (Lipinski definition) is 4. The summed E-state index contributed by atoms with van der Waals surface area (Å²) in [6.07, 6.45) is 1.73. The number of aromatic nitrogens is 2. The van der Waals surface area contributed by atoms with Crippen molar-refractivity contribution < 1.29 is 0 Å². The van der Waals surface area contributed by atoms with Gasteiger partial charge in [0, 0.05) is 23.5 Å². The molecule has 4 nitrogen and oxygen atoms in total. The molecule has 1 heterocycles. The fraction of sp³-hybridized carbons (Fsp3) is 0.158. The quantitative estimate of drug-likeness (QED) is 0.679. The summed E-state index contributed by atoms with van der Waals surface area (Å²) in [4.78, 5) is 8.80. The van der Waals surface area contributed by atoms with E-state index < -0.39 is 0 Å². The Balaban J connectivity index is 1.72. The minimum Gasteiger partial charge on any atom is -0.366 e. The number of nitrogens with zero attached hydrogens (tertiary/aromatic N) is 2. The first kappa shape index (κ1) is 16.3. The molecule has 0 fully saturated rings. The highest BCUT2D eigenvalue weighted by Gasteiger charge is 2.05. The highest BCUT2D eigenvalue weighted by Crippen LogP contribution is 2.22. The van der Waals surface area contributed by atoms with Crippen LogP contribution < -0.4 is 10.6 Å². The van der Waals surface area contributed by atoms with Gasteiger partial charge < -0.3 is 10.6 Å². The van der Waals surface area contributed by atoms with Crippen LogP contribution in [0, 0.1) is 13.8 Å². The van der Waals surface area contributed by atoms with E-state index in [9.17, 15) is 0 Å². The average Bonchev–Trinajstić information content (AvgIpc) is 2.59. The van der Waals surface area contributed by atoms with Gasteiger partial charge in [0.15, 0.2) is 0 Å². The lowest BCUT2D eigenvalue weighted by molar-refractivity contribution is 1.08. The number of hydrogen-bond donors (Lipinski definition) is 2. The minimum atomic E-state index is 0.563. The van der Waals surface area contributed by atoms with Crippen LogP contribution in [0.25, 0.3) is 0 Å². The summed E-state index contributed by atoms with van der Waals surface area (Å²) in [6, 6.07) is 15.7. The van der Waals surface area contributed by atoms with E-state index in [-0.39, 0.29) is 0 Å². The molecule has 2 N–H and O–H groups in total. The lowest BCUT2D eigenvalue weighted by Crippen LogP contribution is -2.05. The van der Waals surface area contributed by atoms with E-state index >= 15 is 0 Å². The van der Waals surface area contributed by atoms with Gasteiger partial charge in [-0.3, -0.25) is 0 Å². The van der Waals surface area contributed by atoms with Gasteiger partial charge in [0.05, 0.1) is 0 Å². The zero-order valence-electron chi connectivity index (χ0n) is 13.7. The lowest BCUT2D eigenvalue weighted by atomic mass is 10.1. The van der Waals surface area contributed by atoms with Gasteiger partial charge in [-0.25, -0.2) is 4.98 Å². The minimum absolute atomic E-state index is 0.563. The van der Waals surface area contributed by atoms with Crippen molar-refractivity contribution in [3.63, 3.8) is 0 Å². The molecule has 1 aromatic heterocycles. The fourth-order valence-electron chi connectivity index (χ4n) is 2.35. The van der Waals surface area contributed by atoms with Crippen molar-refractivity contribution in [3.05, 3.63) is 76.4 Å². The number of nitrogens with one attached hydrogen (secondary N) is 2. The molecule has 0 aliphatic carbocycles. The van der Waals surface area contributed by atoms with Gasteiger partial charge in [0.1, 0.15) is 5.82 Å². The summed E-state index contributed by atoms with van der Waals surface area (Å²) >= 11 is 6.18. The van der Waals surface area contributed by atoms with Crippen molar-refractivity contribution in [3.8, 4) is 0 Å². The van der Waals surface area contributed by atoms with Crippen molar-refractivity contribution in [1.82, 2.24) is 9.97 Å². The summed E-state index contributed by atoms with van der Waals surface area (Å²) < 4.78 is 0. The van der Waals surface area contributed by atoms with Crippen LogP contribution in [0.1, 0.15) is 16.7 Å². The van der Waals surface area contributed by atoms with Gasteiger partial charge >= 0.3 is 0 Å². The van der Waals surface area contributed by atoms with Gasteiger partial charge in [0.2, 0.25) is 5.95 Å². The second kappa shape index (κ2) is 7.32. The van der Waals surface area contributed by atoms with Crippen LogP contribution in [-0.4, -0.2) is 9.97 Å². The van der Waals surface area contributed by atoms with Crippen LogP contribution in [0.5, 0.6) is 0 Å². The summed E-state index contributed by atoms with van der Waals surface area (Å²) in [6.45, 7) is 4.78. The van der Waals surface area contributed by atoms with Gasteiger partial charge in [0.25, 0.3) is 0 Å². The molecule has 0 amide bonds. The Labute approximate surface area is 146 Å². The normalized spacial score (nSPS) is 10.5. The predicted octanol–water partition coefficient (Wildman–Crippen LogP) is 5.10. The van der Waals surface area contributed by atoms with E-state index in [0.29, 0.717) is 12.5 Å². The topological polar surface area (TPSA) is 49.8 Å². The molecule has 3 rings (SSSR count). The molecule has 0 unspecified atom stereocenters.